The molecule has 3 rings (SSSR count). The first kappa shape index (κ1) is 12.2. The van der Waals surface area contributed by atoms with Crippen molar-refractivity contribution in [3.05, 3.63) is 35.9 Å². The molecule has 5 heteroatoms. The van der Waals surface area contributed by atoms with Crippen molar-refractivity contribution >= 4 is 11.8 Å². The van der Waals surface area contributed by atoms with Gasteiger partial charge in [-0.05, 0) is 18.4 Å². The van der Waals surface area contributed by atoms with Crippen LogP contribution in [0.3, 0.4) is 0 Å². The number of hydrogen-bond donors (Lipinski definition) is 1. The molecule has 19 heavy (non-hydrogen) atoms. The molecule has 0 aromatic heterocycles. The highest BCUT2D eigenvalue weighted by Crippen LogP contribution is 2.28. The Bertz CT molecular complexity index is 503. The number of benzene rings is 1. The van der Waals surface area contributed by atoms with E-state index in [1.54, 1.807) is 0 Å². The number of Topliss-reactive ketones (excluding diaryl/α,β-unsaturated/α-hetero) is 1. The molecular weight excluding hydrogens is 244 g/mol. The Morgan fingerprint density at radius 2 is 1.89 bits per heavy atom. The van der Waals surface area contributed by atoms with E-state index in [1.165, 1.54) is 9.80 Å². The molecule has 1 aromatic rings. The average molecular weight is 260 g/mol. The molecule has 1 aromatic carbocycles. The monoisotopic (exact) mass is 260 g/mol. The van der Waals surface area contributed by atoms with Gasteiger partial charge in [-0.1, -0.05) is 30.3 Å². The van der Waals surface area contributed by atoms with Crippen LogP contribution in [0.15, 0.2) is 30.3 Å². The summed E-state index contributed by atoms with van der Waals surface area (Å²) in [5, 5.41) is 9.82. The highest BCUT2D eigenvalue weighted by atomic mass is 16.3. The predicted octanol–water partition coefficient (Wildman–Crippen LogP) is 0.974. The molecule has 2 saturated heterocycles. The van der Waals surface area contributed by atoms with Crippen molar-refractivity contribution in [1.82, 2.24) is 9.80 Å². The summed E-state index contributed by atoms with van der Waals surface area (Å²) in [6.07, 6.45) is 0.242. The third-order valence-electron chi connectivity index (χ3n) is 3.78. The van der Waals surface area contributed by atoms with Crippen molar-refractivity contribution in [2.24, 2.45) is 0 Å². The van der Waals surface area contributed by atoms with E-state index in [0.29, 0.717) is 19.4 Å². The van der Waals surface area contributed by atoms with Crippen LogP contribution in [0.25, 0.3) is 0 Å². The Morgan fingerprint density at radius 1 is 1.16 bits per heavy atom. The van der Waals surface area contributed by atoms with E-state index in [-0.39, 0.29) is 18.4 Å². The fourth-order valence-electron chi connectivity index (χ4n) is 2.82. The van der Waals surface area contributed by atoms with Crippen LogP contribution < -0.4 is 0 Å². The van der Waals surface area contributed by atoms with Crippen LogP contribution in [0.2, 0.25) is 0 Å². The summed E-state index contributed by atoms with van der Waals surface area (Å²) in [4.78, 5) is 27.2. The molecule has 0 unspecified atom stereocenters. The Hall–Kier alpha value is -1.88. The maximum atomic E-state index is 12.3. The number of ketones is 1. The average Bonchev–Trinajstić information content (AvgIpc) is 2.80. The quantitative estimate of drug-likeness (QED) is 0.862. The fraction of sp³-hybridized carbons (Fsp3) is 0.429. The first-order valence-electron chi connectivity index (χ1n) is 6.49. The highest BCUT2D eigenvalue weighted by molar-refractivity contribution is 5.96. The molecule has 0 aliphatic carbocycles. The van der Waals surface area contributed by atoms with Crippen LogP contribution in [0.4, 0.5) is 4.79 Å². The topological polar surface area (TPSA) is 60.9 Å². The Balaban J connectivity index is 1.80. The predicted molar refractivity (Wildman–Crippen MR) is 68.1 cm³/mol. The molecule has 0 saturated carbocycles. The number of aliphatic hydroxyl groups is 1. The van der Waals surface area contributed by atoms with E-state index in [1.807, 2.05) is 30.3 Å². The minimum absolute atomic E-state index is 0.0204. The summed E-state index contributed by atoms with van der Waals surface area (Å²) in [5.41, 5.74) is 0.982. The number of amides is 2. The molecule has 0 bridgehead atoms. The van der Waals surface area contributed by atoms with Gasteiger partial charge in [-0.25, -0.2) is 4.79 Å². The number of hydrogen-bond acceptors (Lipinski definition) is 3. The molecule has 1 N–H and O–H groups in total. The van der Waals surface area contributed by atoms with Gasteiger partial charge in [0.15, 0.2) is 5.78 Å². The van der Waals surface area contributed by atoms with Gasteiger partial charge >= 0.3 is 6.03 Å². The van der Waals surface area contributed by atoms with Crippen LogP contribution >= 0.6 is 0 Å². The second-order valence-electron chi connectivity index (χ2n) is 5.07. The minimum atomic E-state index is -0.819. The summed E-state index contributed by atoms with van der Waals surface area (Å²) >= 11 is 0. The molecule has 2 aliphatic heterocycles. The van der Waals surface area contributed by atoms with Crippen molar-refractivity contribution in [2.45, 2.75) is 31.7 Å². The van der Waals surface area contributed by atoms with Gasteiger partial charge in [-0.3, -0.25) is 9.69 Å². The van der Waals surface area contributed by atoms with Gasteiger partial charge in [0.2, 0.25) is 0 Å². The van der Waals surface area contributed by atoms with Crippen molar-refractivity contribution < 1.29 is 14.7 Å². The summed E-state index contributed by atoms with van der Waals surface area (Å²) in [7, 11) is 0. The fourth-order valence-corrected chi connectivity index (χ4v) is 2.82. The van der Waals surface area contributed by atoms with E-state index in [0.717, 1.165) is 5.56 Å². The zero-order valence-corrected chi connectivity index (χ0v) is 10.5. The number of nitrogens with zero attached hydrogens (tertiary/aromatic N) is 2. The second kappa shape index (κ2) is 4.66. The largest absolute Gasteiger partial charge is 0.373 e. The number of carbonyl (C=O) groups excluding carboxylic acids is 2. The van der Waals surface area contributed by atoms with Crippen molar-refractivity contribution in [1.29, 1.82) is 0 Å². The van der Waals surface area contributed by atoms with Gasteiger partial charge in [0.05, 0.1) is 12.6 Å². The van der Waals surface area contributed by atoms with Crippen LogP contribution in [0.1, 0.15) is 18.4 Å². The van der Waals surface area contributed by atoms with Crippen molar-refractivity contribution in [3.8, 4) is 0 Å². The molecule has 2 atom stereocenters. The third-order valence-corrected chi connectivity index (χ3v) is 3.78. The van der Waals surface area contributed by atoms with Crippen LogP contribution in [0, 0.1) is 0 Å². The molecule has 2 fully saturated rings. The SMILES string of the molecule is O=C1CN(Cc2ccccc2)C(=O)N2[C@H](O)CC[C@@H]12. The number of fused-ring (bicyclic) bond motifs is 1. The van der Waals surface area contributed by atoms with E-state index >= 15 is 0 Å². The molecule has 2 aliphatic rings. The number of carbonyl (C=O) groups is 2. The van der Waals surface area contributed by atoms with E-state index in [2.05, 4.69) is 0 Å². The summed E-state index contributed by atoms with van der Waals surface area (Å²) in [5.74, 6) is 0.0204. The molecule has 2 amide bonds. The molecule has 0 radical (unpaired) electrons. The Kier molecular flexibility index (Phi) is 2.98. The zero-order valence-electron chi connectivity index (χ0n) is 10.5. The number of aliphatic hydroxyl groups excluding tert-OH is 1. The molecule has 5 nitrogen and oxygen atoms in total. The first-order valence-corrected chi connectivity index (χ1v) is 6.49. The highest BCUT2D eigenvalue weighted by Gasteiger charge is 2.46. The number of rotatable bonds is 2. The second-order valence-corrected chi connectivity index (χ2v) is 5.07. The number of urea groups is 1. The van der Waals surface area contributed by atoms with Crippen LogP contribution in [-0.4, -0.2) is 45.5 Å². The van der Waals surface area contributed by atoms with Crippen LogP contribution in [-0.2, 0) is 11.3 Å². The zero-order chi connectivity index (χ0) is 13.4. The molecule has 0 spiro atoms. The van der Waals surface area contributed by atoms with Crippen molar-refractivity contribution in [2.75, 3.05) is 6.54 Å². The lowest BCUT2D eigenvalue weighted by molar-refractivity contribution is -0.128. The van der Waals surface area contributed by atoms with Gasteiger partial charge in [-0.2, -0.15) is 0 Å². The first-order chi connectivity index (χ1) is 9.16. The van der Waals surface area contributed by atoms with Crippen molar-refractivity contribution in [3.63, 3.8) is 0 Å². The van der Waals surface area contributed by atoms with E-state index in [4.69, 9.17) is 0 Å². The Morgan fingerprint density at radius 3 is 2.63 bits per heavy atom. The van der Waals surface area contributed by atoms with Gasteiger partial charge in [-0.15, -0.1) is 0 Å². The Labute approximate surface area is 111 Å². The summed E-state index contributed by atoms with van der Waals surface area (Å²) < 4.78 is 0. The molecule has 2 heterocycles. The summed E-state index contributed by atoms with van der Waals surface area (Å²) in [6.45, 7) is 0.545. The van der Waals surface area contributed by atoms with E-state index in [9.17, 15) is 14.7 Å². The van der Waals surface area contributed by atoms with Gasteiger partial charge in [0.25, 0.3) is 0 Å². The lowest BCUT2D eigenvalue weighted by atomic mass is 10.1. The normalized spacial score (nSPS) is 26.8. The maximum absolute atomic E-state index is 12.3. The van der Waals surface area contributed by atoms with E-state index < -0.39 is 12.3 Å². The maximum Gasteiger partial charge on any atom is 0.323 e. The summed E-state index contributed by atoms with van der Waals surface area (Å²) in [6, 6.07) is 8.90. The van der Waals surface area contributed by atoms with Gasteiger partial charge in [0.1, 0.15) is 6.23 Å². The molecule has 100 valence electrons. The smallest absolute Gasteiger partial charge is 0.323 e. The van der Waals surface area contributed by atoms with Gasteiger partial charge < -0.3 is 10.0 Å². The standard InChI is InChI=1S/C14H16N2O3/c17-12-9-15(8-10-4-2-1-3-5-10)14(19)16-11(12)6-7-13(16)18/h1-5,11,13,18H,6-9H2/t11-,13+/m0/s1. The lowest BCUT2D eigenvalue weighted by Gasteiger charge is -2.38. The van der Waals surface area contributed by atoms with Gasteiger partial charge in [0, 0.05) is 6.54 Å². The molecular formula is C14H16N2O3. The van der Waals surface area contributed by atoms with Crippen LogP contribution in [0.5, 0.6) is 0 Å². The minimum Gasteiger partial charge on any atom is -0.373 e. The third kappa shape index (κ3) is 2.10. The lowest BCUT2D eigenvalue weighted by Crippen LogP contribution is -2.58.